The van der Waals surface area contributed by atoms with E-state index in [0.29, 0.717) is 25.7 Å². The number of carbonyl (C=O) groups is 1. The van der Waals surface area contributed by atoms with Gasteiger partial charge in [-0.3, -0.25) is 0 Å². The number of amides is 2. The van der Waals surface area contributed by atoms with Gasteiger partial charge in [0.2, 0.25) is 0 Å². The molecular weight excluding hydrogens is 304 g/mol. The van der Waals surface area contributed by atoms with Crippen LogP contribution in [0.5, 0.6) is 0 Å². The Kier molecular flexibility index (Phi) is 4.39. The molecule has 0 unspecified atom stereocenters. The fraction of sp³-hybridized carbons (Fsp3) is 0.562. The average molecular weight is 325 g/mol. The molecule has 2 aliphatic rings. The molecule has 0 radical (unpaired) electrons. The van der Waals surface area contributed by atoms with Gasteiger partial charge < -0.3 is 19.9 Å². The second-order valence-corrected chi connectivity index (χ2v) is 6.29. The normalized spacial score (nSPS) is 21.2. The van der Waals surface area contributed by atoms with E-state index in [4.69, 9.17) is 4.74 Å². The van der Waals surface area contributed by atoms with E-state index in [-0.39, 0.29) is 23.4 Å². The Balaban J connectivity index is 1.74. The van der Waals surface area contributed by atoms with Gasteiger partial charge in [0.05, 0.1) is 19.3 Å². The van der Waals surface area contributed by atoms with Gasteiger partial charge in [-0.05, 0) is 30.9 Å². The number of hydrogen-bond donors (Lipinski definition) is 1. The van der Waals surface area contributed by atoms with E-state index in [1.165, 1.54) is 4.90 Å². The van der Waals surface area contributed by atoms with Crippen LogP contribution in [-0.4, -0.2) is 50.8 Å². The topological polar surface area (TPSA) is 44.8 Å². The minimum Gasteiger partial charge on any atom is -0.377 e. The molecule has 7 heteroatoms. The molecule has 2 fully saturated rings. The first-order valence-electron chi connectivity index (χ1n) is 7.79. The van der Waals surface area contributed by atoms with Crippen LogP contribution in [0.4, 0.5) is 25.0 Å². The molecule has 1 aromatic rings. The maximum Gasteiger partial charge on any atom is 0.322 e. The summed E-state index contributed by atoms with van der Waals surface area (Å²) in [4.78, 5) is 15.5. The van der Waals surface area contributed by atoms with Crippen molar-refractivity contribution in [3.63, 3.8) is 0 Å². The first-order chi connectivity index (χ1) is 11.0. The number of nitrogens with one attached hydrogen (secondary N) is 1. The molecule has 1 aliphatic carbocycles. The standard InChI is InChI=1S/C16H21F2N3O2/c1-20(2)15-12(17)7-11(8-13(15)18)19-16(22)21-5-6-23-9-14(21)10-3-4-10/h7-8,10,14H,3-6,9H2,1-2H3,(H,19,22)/t14-/m0/s1. The second kappa shape index (κ2) is 6.31. The number of carbonyl (C=O) groups excluding carboxylic acids is 1. The van der Waals surface area contributed by atoms with Crippen molar-refractivity contribution in [2.45, 2.75) is 18.9 Å². The SMILES string of the molecule is CN(C)c1c(F)cc(NC(=O)N2CCOC[C@H]2C2CC2)cc1F. The number of rotatable bonds is 3. The molecular formula is C16H21F2N3O2. The summed E-state index contributed by atoms with van der Waals surface area (Å²) in [5, 5.41) is 2.60. The molecule has 1 saturated carbocycles. The number of anilines is 2. The van der Waals surface area contributed by atoms with Gasteiger partial charge in [0, 0.05) is 26.3 Å². The zero-order valence-electron chi connectivity index (χ0n) is 13.3. The van der Waals surface area contributed by atoms with Crippen molar-refractivity contribution in [2.24, 2.45) is 5.92 Å². The molecule has 2 amide bonds. The van der Waals surface area contributed by atoms with Crippen molar-refractivity contribution in [1.29, 1.82) is 0 Å². The van der Waals surface area contributed by atoms with Gasteiger partial charge in [-0.2, -0.15) is 0 Å². The van der Waals surface area contributed by atoms with Gasteiger partial charge in [0.1, 0.15) is 5.69 Å². The van der Waals surface area contributed by atoms with E-state index in [9.17, 15) is 13.6 Å². The van der Waals surface area contributed by atoms with Crippen LogP contribution in [-0.2, 0) is 4.74 Å². The number of hydrogen-bond acceptors (Lipinski definition) is 3. The fourth-order valence-electron chi connectivity index (χ4n) is 3.01. The Bertz CT molecular complexity index is 582. The molecule has 1 heterocycles. The molecule has 0 aromatic heterocycles. The van der Waals surface area contributed by atoms with Gasteiger partial charge in [-0.1, -0.05) is 0 Å². The average Bonchev–Trinajstić information content (AvgIpc) is 3.30. The van der Waals surface area contributed by atoms with Crippen LogP contribution in [0.3, 0.4) is 0 Å². The van der Waals surface area contributed by atoms with Gasteiger partial charge in [-0.15, -0.1) is 0 Å². The van der Waals surface area contributed by atoms with Crippen molar-refractivity contribution in [1.82, 2.24) is 4.90 Å². The van der Waals surface area contributed by atoms with Crippen molar-refractivity contribution in [2.75, 3.05) is 44.1 Å². The smallest absolute Gasteiger partial charge is 0.322 e. The maximum atomic E-state index is 14.0. The molecule has 1 atom stereocenters. The van der Waals surface area contributed by atoms with Gasteiger partial charge in [-0.25, -0.2) is 13.6 Å². The highest BCUT2D eigenvalue weighted by atomic mass is 19.1. The second-order valence-electron chi connectivity index (χ2n) is 6.29. The Hall–Kier alpha value is -1.89. The molecule has 1 saturated heterocycles. The Morgan fingerprint density at radius 3 is 2.52 bits per heavy atom. The Morgan fingerprint density at radius 1 is 1.30 bits per heavy atom. The minimum absolute atomic E-state index is 0.0551. The van der Waals surface area contributed by atoms with Gasteiger partial charge >= 0.3 is 6.03 Å². The van der Waals surface area contributed by atoms with E-state index >= 15 is 0 Å². The Morgan fingerprint density at radius 2 is 1.96 bits per heavy atom. The lowest BCUT2D eigenvalue weighted by atomic mass is 10.1. The largest absolute Gasteiger partial charge is 0.377 e. The first-order valence-corrected chi connectivity index (χ1v) is 7.79. The predicted octanol–water partition coefficient (Wildman–Crippen LogP) is 2.67. The summed E-state index contributed by atoms with van der Waals surface area (Å²) in [7, 11) is 3.13. The lowest BCUT2D eigenvalue weighted by Crippen LogP contribution is -2.51. The van der Waals surface area contributed by atoms with Crippen molar-refractivity contribution in [3.8, 4) is 0 Å². The van der Waals surface area contributed by atoms with Crippen molar-refractivity contribution < 1.29 is 18.3 Å². The summed E-state index contributed by atoms with van der Waals surface area (Å²) in [6.07, 6.45) is 2.19. The van der Waals surface area contributed by atoms with Gasteiger partial charge in [0.15, 0.2) is 11.6 Å². The summed E-state index contributed by atoms with van der Waals surface area (Å²) in [5.74, 6) is -0.928. The zero-order chi connectivity index (χ0) is 16.6. The molecule has 0 spiro atoms. The molecule has 0 bridgehead atoms. The highest BCUT2D eigenvalue weighted by Gasteiger charge is 2.39. The van der Waals surface area contributed by atoms with E-state index in [2.05, 4.69) is 5.32 Å². The predicted molar refractivity (Wildman–Crippen MR) is 83.7 cm³/mol. The number of urea groups is 1. The first kappa shape index (κ1) is 16.0. The summed E-state index contributed by atoms with van der Waals surface area (Å²) in [6, 6.07) is 2.01. The van der Waals surface area contributed by atoms with E-state index in [1.54, 1.807) is 19.0 Å². The molecule has 1 aromatic carbocycles. The van der Waals surface area contributed by atoms with Crippen LogP contribution < -0.4 is 10.2 Å². The monoisotopic (exact) mass is 325 g/mol. The fourth-order valence-corrected chi connectivity index (χ4v) is 3.01. The molecule has 1 N–H and O–H groups in total. The minimum atomic E-state index is -0.703. The molecule has 23 heavy (non-hydrogen) atoms. The third kappa shape index (κ3) is 3.39. The molecule has 1 aliphatic heterocycles. The molecule has 3 rings (SSSR count). The number of nitrogens with zero attached hydrogens (tertiary/aromatic N) is 2. The van der Waals surface area contributed by atoms with Crippen LogP contribution in [0.15, 0.2) is 12.1 Å². The third-order valence-corrected chi connectivity index (χ3v) is 4.31. The van der Waals surface area contributed by atoms with E-state index in [0.717, 1.165) is 25.0 Å². The van der Waals surface area contributed by atoms with Crippen molar-refractivity contribution >= 4 is 17.4 Å². The summed E-state index contributed by atoms with van der Waals surface area (Å²) in [6.45, 7) is 1.51. The zero-order valence-corrected chi connectivity index (χ0v) is 13.3. The molecule has 126 valence electrons. The van der Waals surface area contributed by atoms with Gasteiger partial charge in [0.25, 0.3) is 0 Å². The lowest BCUT2D eigenvalue weighted by Gasteiger charge is -2.35. The van der Waals surface area contributed by atoms with E-state index < -0.39 is 11.6 Å². The summed E-state index contributed by atoms with van der Waals surface area (Å²) >= 11 is 0. The quantitative estimate of drug-likeness (QED) is 0.929. The number of ether oxygens (including phenoxy) is 1. The lowest BCUT2D eigenvalue weighted by molar-refractivity contribution is 0.00772. The summed E-state index contributed by atoms with van der Waals surface area (Å²) < 4.78 is 33.5. The number of halogens is 2. The highest BCUT2D eigenvalue weighted by Crippen LogP contribution is 2.36. The van der Waals surface area contributed by atoms with Crippen LogP contribution in [0.1, 0.15) is 12.8 Å². The summed E-state index contributed by atoms with van der Waals surface area (Å²) in [5.41, 5.74) is 0.00173. The maximum absolute atomic E-state index is 14.0. The van der Waals surface area contributed by atoms with Crippen molar-refractivity contribution in [3.05, 3.63) is 23.8 Å². The molecule has 5 nitrogen and oxygen atoms in total. The number of morpholine rings is 1. The van der Waals surface area contributed by atoms with Crippen LogP contribution in [0, 0.1) is 17.6 Å². The Labute approximate surface area is 134 Å². The number of benzene rings is 1. The van der Waals surface area contributed by atoms with Crippen LogP contribution >= 0.6 is 0 Å². The highest BCUT2D eigenvalue weighted by molar-refractivity contribution is 5.90. The third-order valence-electron chi connectivity index (χ3n) is 4.31. The van der Waals surface area contributed by atoms with E-state index in [1.807, 2.05) is 0 Å². The van der Waals surface area contributed by atoms with Crippen LogP contribution in [0.2, 0.25) is 0 Å². The van der Waals surface area contributed by atoms with Crippen LogP contribution in [0.25, 0.3) is 0 Å².